The van der Waals surface area contributed by atoms with Crippen LogP contribution in [0.5, 0.6) is 0 Å². The molecule has 0 saturated heterocycles. The lowest BCUT2D eigenvalue weighted by molar-refractivity contribution is -0.0244. The molecule has 0 aliphatic heterocycles. The third-order valence-corrected chi connectivity index (χ3v) is 5.14. The van der Waals surface area contributed by atoms with Crippen molar-refractivity contribution in [2.45, 2.75) is 57.6 Å². The molecule has 0 amide bonds. The quantitative estimate of drug-likeness (QED) is 0.862. The second-order valence-electron chi connectivity index (χ2n) is 5.13. The van der Waals surface area contributed by atoms with Gasteiger partial charge in [-0.15, -0.1) is 11.3 Å². The lowest BCUT2D eigenvalue weighted by atomic mass is 9.86. The third-order valence-electron chi connectivity index (χ3n) is 4.33. The zero-order valence-electron chi connectivity index (χ0n) is 11.4. The van der Waals surface area contributed by atoms with Crippen molar-refractivity contribution in [3.8, 4) is 0 Å². The van der Waals surface area contributed by atoms with E-state index in [-0.39, 0.29) is 11.6 Å². The van der Waals surface area contributed by atoms with E-state index in [4.69, 9.17) is 0 Å². The highest BCUT2D eigenvalue weighted by molar-refractivity contribution is 7.09. The summed E-state index contributed by atoms with van der Waals surface area (Å²) < 4.78 is 0. The van der Waals surface area contributed by atoms with E-state index in [1.54, 1.807) is 11.3 Å². The van der Waals surface area contributed by atoms with Crippen molar-refractivity contribution in [1.82, 2.24) is 9.88 Å². The first-order chi connectivity index (χ1) is 8.73. The van der Waals surface area contributed by atoms with Crippen molar-refractivity contribution in [3.63, 3.8) is 0 Å². The minimum Gasteiger partial charge on any atom is -0.391 e. The fraction of sp³-hybridized carbons (Fsp3) is 0.786. The first-order valence-electron chi connectivity index (χ1n) is 7.04. The van der Waals surface area contributed by atoms with Gasteiger partial charge in [-0.1, -0.05) is 26.7 Å². The monoisotopic (exact) mass is 268 g/mol. The van der Waals surface area contributed by atoms with Gasteiger partial charge >= 0.3 is 0 Å². The number of nitrogens with zero attached hydrogens (tertiary/aromatic N) is 2. The number of hydrogen-bond acceptors (Lipinski definition) is 4. The van der Waals surface area contributed by atoms with Crippen LogP contribution in [0.1, 0.15) is 44.5 Å². The largest absolute Gasteiger partial charge is 0.391 e. The molecule has 1 saturated carbocycles. The topological polar surface area (TPSA) is 36.4 Å². The van der Waals surface area contributed by atoms with Gasteiger partial charge in [-0.05, 0) is 25.9 Å². The van der Waals surface area contributed by atoms with Crippen molar-refractivity contribution in [2.75, 3.05) is 13.1 Å². The van der Waals surface area contributed by atoms with Crippen molar-refractivity contribution >= 4 is 11.3 Å². The standard InChI is InChI=1S/C14H24N2OS/c1-3-16(4-2)14(7-5-6-8-14)12(17)11-13-15-9-10-18-13/h9-10,12,17H,3-8,11H2,1-2H3. The third kappa shape index (κ3) is 2.60. The number of rotatable bonds is 6. The van der Waals surface area contributed by atoms with Crippen LogP contribution in [0.15, 0.2) is 11.6 Å². The van der Waals surface area contributed by atoms with E-state index in [1.807, 2.05) is 11.6 Å². The lowest BCUT2D eigenvalue weighted by Gasteiger charge is -2.43. The smallest absolute Gasteiger partial charge is 0.0951 e. The van der Waals surface area contributed by atoms with Crippen molar-refractivity contribution in [1.29, 1.82) is 0 Å². The van der Waals surface area contributed by atoms with Crippen molar-refractivity contribution in [3.05, 3.63) is 16.6 Å². The van der Waals surface area contributed by atoms with Crippen LogP contribution in [0.3, 0.4) is 0 Å². The van der Waals surface area contributed by atoms with Crippen LogP contribution in [0.4, 0.5) is 0 Å². The predicted octanol–water partition coefficient (Wildman–Crippen LogP) is 2.70. The molecule has 1 heterocycles. The van der Waals surface area contributed by atoms with Gasteiger partial charge in [0.2, 0.25) is 0 Å². The fourth-order valence-electron chi connectivity index (χ4n) is 3.41. The highest BCUT2D eigenvalue weighted by atomic mass is 32.1. The van der Waals surface area contributed by atoms with Gasteiger partial charge in [0, 0.05) is 23.5 Å². The normalized spacial score (nSPS) is 20.4. The summed E-state index contributed by atoms with van der Waals surface area (Å²) >= 11 is 1.65. The van der Waals surface area contributed by atoms with Gasteiger partial charge < -0.3 is 5.11 Å². The van der Waals surface area contributed by atoms with Gasteiger partial charge in [-0.3, -0.25) is 4.90 Å². The maximum absolute atomic E-state index is 10.7. The predicted molar refractivity (Wildman–Crippen MR) is 75.9 cm³/mol. The molecule has 1 fully saturated rings. The van der Waals surface area contributed by atoms with Gasteiger partial charge in [0.05, 0.1) is 11.1 Å². The Morgan fingerprint density at radius 3 is 2.56 bits per heavy atom. The molecule has 1 aliphatic rings. The molecule has 0 aromatic carbocycles. The van der Waals surface area contributed by atoms with Crippen LogP contribution in [-0.2, 0) is 6.42 Å². The molecule has 1 N–H and O–H groups in total. The molecular formula is C14H24N2OS. The summed E-state index contributed by atoms with van der Waals surface area (Å²) in [6.45, 7) is 6.43. The molecule has 0 bridgehead atoms. The molecule has 102 valence electrons. The molecule has 1 atom stereocenters. The number of aromatic nitrogens is 1. The molecule has 3 nitrogen and oxygen atoms in total. The Morgan fingerprint density at radius 2 is 2.06 bits per heavy atom. The second-order valence-corrected chi connectivity index (χ2v) is 6.11. The van der Waals surface area contributed by atoms with Crippen LogP contribution in [0, 0.1) is 0 Å². The second kappa shape index (κ2) is 6.13. The molecule has 2 rings (SSSR count). The summed E-state index contributed by atoms with van der Waals surface area (Å²) in [7, 11) is 0. The minimum absolute atomic E-state index is 0.00479. The van der Waals surface area contributed by atoms with E-state index in [0.29, 0.717) is 6.42 Å². The Hall–Kier alpha value is -0.450. The first kappa shape index (κ1) is 14.0. The zero-order chi connectivity index (χ0) is 13.0. The molecule has 1 aromatic heterocycles. The molecule has 1 aliphatic carbocycles. The van der Waals surface area contributed by atoms with Gasteiger partial charge in [0.15, 0.2) is 0 Å². The summed E-state index contributed by atoms with van der Waals surface area (Å²) in [5.74, 6) is 0. The van der Waals surface area contributed by atoms with E-state index in [9.17, 15) is 5.11 Å². The summed E-state index contributed by atoms with van der Waals surface area (Å²) in [5, 5.41) is 13.8. The number of likely N-dealkylation sites (N-methyl/N-ethyl adjacent to an activating group) is 1. The summed E-state index contributed by atoms with van der Waals surface area (Å²) in [6, 6.07) is 0. The molecular weight excluding hydrogens is 244 g/mol. The average molecular weight is 268 g/mol. The molecule has 4 heteroatoms. The summed E-state index contributed by atoms with van der Waals surface area (Å²) in [5.41, 5.74) is -0.00479. The van der Waals surface area contributed by atoms with E-state index in [0.717, 1.165) is 30.9 Å². The van der Waals surface area contributed by atoms with Crippen molar-refractivity contribution in [2.24, 2.45) is 0 Å². The number of hydrogen-bond donors (Lipinski definition) is 1. The van der Waals surface area contributed by atoms with Crippen LogP contribution in [-0.4, -0.2) is 39.7 Å². The summed E-state index contributed by atoms with van der Waals surface area (Å²) in [6.07, 6.45) is 6.98. The van der Waals surface area contributed by atoms with E-state index >= 15 is 0 Å². The highest BCUT2D eigenvalue weighted by Gasteiger charge is 2.44. The first-order valence-corrected chi connectivity index (χ1v) is 7.92. The van der Waals surface area contributed by atoms with E-state index in [1.165, 1.54) is 12.8 Å². The van der Waals surface area contributed by atoms with Crippen molar-refractivity contribution < 1.29 is 5.11 Å². The number of thiazole rings is 1. The van der Waals surface area contributed by atoms with Crippen LogP contribution >= 0.6 is 11.3 Å². The Kier molecular flexibility index (Phi) is 4.76. The Bertz CT molecular complexity index is 343. The zero-order valence-corrected chi connectivity index (χ0v) is 12.2. The molecule has 18 heavy (non-hydrogen) atoms. The minimum atomic E-state index is -0.286. The van der Waals surface area contributed by atoms with E-state index < -0.39 is 0 Å². The Labute approximate surface area is 114 Å². The molecule has 0 spiro atoms. The Balaban J connectivity index is 2.13. The van der Waals surface area contributed by atoms with Gasteiger partial charge in [0.1, 0.15) is 0 Å². The van der Waals surface area contributed by atoms with Gasteiger partial charge in [-0.25, -0.2) is 4.98 Å². The Morgan fingerprint density at radius 1 is 1.39 bits per heavy atom. The van der Waals surface area contributed by atoms with Crippen LogP contribution in [0.2, 0.25) is 0 Å². The molecule has 1 unspecified atom stereocenters. The van der Waals surface area contributed by atoms with Crippen LogP contribution < -0.4 is 0 Å². The summed E-state index contributed by atoms with van der Waals surface area (Å²) in [4.78, 5) is 6.77. The molecule has 1 aromatic rings. The van der Waals surface area contributed by atoms with Gasteiger partial charge in [-0.2, -0.15) is 0 Å². The lowest BCUT2D eigenvalue weighted by Crippen LogP contribution is -2.55. The maximum Gasteiger partial charge on any atom is 0.0951 e. The van der Waals surface area contributed by atoms with Crippen LogP contribution in [0.25, 0.3) is 0 Å². The van der Waals surface area contributed by atoms with E-state index in [2.05, 4.69) is 23.7 Å². The molecule has 0 radical (unpaired) electrons. The van der Waals surface area contributed by atoms with Gasteiger partial charge in [0.25, 0.3) is 0 Å². The maximum atomic E-state index is 10.7. The SMILES string of the molecule is CCN(CC)C1(C(O)Cc2nccs2)CCCC1. The number of aliphatic hydroxyl groups is 1. The highest BCUT2D eigenvalue weighted by Crippen LogP contribution is 2.39. The fourth-order valence-corrected chi connectivity index (χ4v) is 4.06. The average Bonchev–Trinajstić information content (AvgIpc) is 3.02. The number of aliphatic hydroxyl groups excluding tert-OH is 1.